The molecule has 0 spiro atoms. The highest BCUT2D eigenvalue weighted by molar-refractivity contribution is 6.30. The van der Waals surface area contributed by atoms with Crippen LogP contribution >= 0.6 is 11.6 Å². The Labute approximate surface area is 151 Å². The summed E-state index contributed by atoms with van der Waals surface area (Å²) in [6.07, 6.45) is 0.706. The molecule has 0 unspecified atom stereocenters. The number of aromatic amines is 1. The molecule has 0 aliphatic heterocycles. The van der Waals surface area contributed by atoms with Gasteiger partial charge in [0.2, 0.25) is 0 Å². The molecular formula is C18H20ClN5O. The number of anilines is 1. The molecule has 1 heterocycles. The van der Waals surface area contributed by atoms with Crippen molar-refractivity contribution in [3.05, 3.63) is 70.8 Å². The summed E-state index contributed by atoms with van der Waals surface area (Å²) in [4.78, 5) is 4.48. The Hall–Kier alpha value is -2.57. The molecule has 1 aromatic heterocycles. The van der Waals surface area contributed by atoms with Crippen LogP contribution in [0.5, 0.6) is 5.75 Å². The molecule has 0 radical (unpaired) electrons. The molecule has 0 aliphatic carbocycles. The molecule has 0 amide bonds. The van der Waals surface area contributed by atoms with Crippen molar-refractivity contribution in [2.24, 2.45) is 5.73 Å². The average molecular weight is 358 g/mol. The Balaban J connectivity index is 1.57. The Morgan fingerprint density at radius 3 is 2.80 bits per heavy atom. The zero-order valence-electron chi connectivity index (χ0n) is 13.9. The van der Waals surface area contributed by atoms with Crippen LogP contribution in [-0.2, 0) is 6.42 Å². The molecule has 0 fully saturated rings. The molecule has 0 bridgehead atoms. The molecule has 3 rings (SSSR count). The molecule has 130 valence electrons. The number of nitrogens with one attached hydrogen (secondary N) is 2. The highest BCUT2D eigenvalue weighted by Gasteiger charge is 2.14. The van der Waals surface area contributed by atoms with E-state index in [0.717, 1.165) is 29.4 Å². The number of rotatable bonds is 7. The van der Waals surface area contributed by atoms with Gasteiger partial charge in [0.1, 0.15) is 11.6 Å². The van der Waals surface area contributed by atoms with Crippen LogP contribution in [0.15, 0.2) is 48.5 Å². The largest absolute Gasteiger partial charge is 0.497 e. The van der Waals surface area contributed by atoms with Gasteiger partial charge in [0, 0.05) is 29.7 Å². The molecular weight excluding hydrogens is 338 g/mol. The Morgan fingerprint density at radius 1 is 1.24 bits per heavy atom. The van der Waals surface area contributed by atoms with E-state index in [1.807, 2.05) is 48.5 Å². The maximum absolute atomic E-state index is 6.21. The Bertz CT molecular complexity index is 818. The third-order valence-corrected chi connectivity index (χ3v) is 4.07. The number of nitrogens with zero attached hydrogens (tertiary/aromatic N) is 2. The van der Waals surface area contributed by atoms with Crippen LogP contribution in [0.25, 0.3) is 0 Å². The number of hydrogen-bond acceptors (Lipinski definition) is 5. The first kappa shape index (κ1) is 17.3. The number of hydrogen-bond donors (Lipinski definition) is 3. The van der Waals surface area contributed by atoms with E-state index in [9.17, 15) is 0 Å². The molecule has 0 saturated carbocycles. The van der Waals surface area contributed by atoms with Crippen molar-refractivity contribution < 1.29 is 4.74 Å². The van der Waals surface area contributed by atoms with Crippen molar-refractivity contribution >= 4 is 17.3 Å². The fourth-order valence-electron chi connectivity index (χ4n) is 2.44. The third kappa shape index (κ3) is 4.49. The van der Waals surface area contributed by atoms with Gasteiger partial charge in [0.15, 0.2) is 5.82 Å². The molecule has 0 saturated heterocycles. The molecule has 25 heavy (non-hydrogen) atoms. The van der Waals surface area contributed by atoms with Crippen molar-refractivity contribution in [1.29, 1.82) is 0 Å². The van der Waals surface area contributed by atoms with Gasteiger partial charge in [0.25, 0.3) is 0 Å². The second kappa shape index (κ2) is 8.00. The number of ether oxygens (including phenoxy) is 1. The molecule has 1 atom stereocenters. The summed E-state index contributed by atoms with van der Waals surface area (Å²) >= 11 is 5.90. The molecule has 6 nitrogen and oxygen atoms in total. The minimum absolute atomic E-state index is 0.381. The summed E-state index contributed by atoms with van der Waals surface area (Å²) < 4.78 is 5.21. The van der Waals surface area contributed by atoms with Gasteiger partial charge in [0.05, 0.1) is 13.2 Å². The average Bonchev–Trinajstić information content (AvgIpc) is 3.11. The van der Waals surface area contributed by atoms with Crippen LogP contribution in [0.2, 0.25) is 5.02 Å². The van der Waals surface area contributed by atoms with E-state index in [1.54, 1.807) is 7.11 Å². The van der Waals surface area contributed by atoms with Crippen LogP contribution in [0.3, 0.4) is 0 Å². The van der Waals surface area contributed by atoms with Gasteiger partial charge < -0.3 is 15.8 Å². The number of benzene rings is 2. The first-order chi connectivity index (χ1) is 12.2. The fraction of sp³-hybridized carbons (Fsp3) is 0.222. The summed E-state index contributed by atoms with van der Waals surface area (Å²) in [5.74, 6) is 2.18. The van der Waals surface area contributed by atoms with Crippen molar-refractivity contribution in [2.75, 3.05) is 19.0 Å². The van der Waals surface area contributed by atoms with Crippen LogP contribution < -0.4 is 15.8 Å². The third-order valence-electron chi connectivity index (χ3n) is 3.82. The summed E-state index contributed by atoms with van der Waals surface area (Å²) in [6, 6.07) is 14.8. The van der Waals surface area contributed by atoms with Crippen LogP contribution in [0.4, 0.5) is 5.69 Å². The molecule has 7 heteroatoms. The summed E-state index contributed by atoms with van der Waals surface area (Å²) in [7, 11) is 1.65. The highest BCUT2D eigenvalue weighted by Crippen LogP contribution is 2.19. The van der Waals surface area contributed by atoms with E-state index in [4.69, 9.17) is 22.1 Å². The smallest absolute Gasteiger partial charge is 0.171 e. The van der Waals surface area contributed by atoms with Crippen LogP contribution in [0, 0.1) is 0 Å². The lowest BCUT2D eigenvalue weighted by atomic mass is 10.1. The monoisotopic (exact) mass is 357 g/mol. The summed E-state index contributed by atoms with van der Waals surface area (Å²) in [6.45, 7) is 0.720. The lowest BCUT2D eigenvalue weighted by molar-refractivity contribution is 0.415. The van der Waals surface area contributed by atoms with Crippen molar-refractivity contribution in [1.82, 2.24) is 15.2 Å². The van der Waals surface area contributed by atoms with Gasteiger partial charge >= 0.3 is 0 Å². The van der Waals surface area contributed by atoms with Crippen molar-refractivity contribution in [2.45, 2.75) is 12.5 Å². The number of nitrogens with two attached hydrogens (primary N) is 1. The van der Waals surface area contributed by atoms with Gasteiger partial charge in [-0.15, -0.1) is 0 Å². The minimum Gasteiger partial charge on any atom is -0.497 e. The van der Waals surface area contributed by atoms with E-state index in [1.165, 1.54) is 0 Å². The zero-order chi connectivity index (χ0) is 17.6. The van der Waals surface area contributed by atoms with Gasteiger partial charge in [-0.05, 0) is 29.8 Å². The Morgan fingerprint density at radius 2 is 2.04 bits per heavy atom. The first-order valence-corrected chi connectivity index (χ1v) is 8.33. The predicted octanol–water partition coefficient (Wildman–Crippen LogP) is 3.17. The number of methoxy groups -OCH3 is 1. The second-order valence-corrected chi connectivity index (χ2v) is 6.01. The minimum atomic E-state index is -0.381. The van der Waals surface area contributed by atoms with E-state index in [2.05, 4.69) is 20.5 Å². The van der Waals surface area contributed by atoms with Crippen LogP contribution in [-0.4, -0.2) is 28.8 Å². The standard InChI is InChI=1S/C18H20ClN5O/c1-25-15-4-2-3-14(11-15)21-10-9-16-22-18(24-23-16)17(20)12-5-7-13(19)8-6-12/h2-8,11,17,21H,9-10,20H2,1H3,(H,22,23,24)/t17-/m0/s1. The van der Waals surface area contributed by atoms with E-state index in [-0.39, 0.29) is 6.04 Å². The van der Waals surface area contributed by atoms with Gasteiger partial charge in [-0.2, -0.15) is 5.10 Å². The van der Waals surface area contributed by atoms with E-state index in [0.29, 0.717) is 17.3 Å². The Kier molecular flexibility index (Phi) is 5.53. The maximum Gasteiger partial charge on any atom is 0.171 e. The van der Waals surface area contributed by atoms with E-state index < -0.39 is 0 Å². The molecule has 4 N–H and O–H groups in total. The molecule has 2 aromatic carbocycles. The fourth-order valence-corrected chi connectivity index (χ4v) is 2.56. The maximum atomic E-state index is 6.21. The van der Waals surface area contributed by atoms with Gasteiger partial charge in [-0.1, -0.05) is 29.8 Å². The lowest BCUT2D eigenvalue weighted by Crippen LogP contribution is -2.13. The number of halogens is 1. The summed E-state index contributed by atoms with van der Waals surface area (Å²) in [5.41, 5.74) is 8.13. The zero-order valence-corrected chi connectivity index (χ0v) is 14.6. The topological polar surface area (TPSA) is 88.8 Å². The van der Waals surface area contributed by atoms with E-state index >= 15 is 0 Å². The van der Waals surface area contributed by atoms with Crippen molar-refractivity contribution in [3.8, 4) is 5.75 Å². The SMILES string of the molecule is COc1cccc(NCCc2nc([C@@H](N)c3ccc(Cl)cc3)n[nH]2)c1. The molecule has 0 aliphatic rings. The summed E-state index contributed by atoms with van der Waals surface area (Å²) in [5, 5.41) is 11.2. The quantitative estimate of drug-likeness (QED) is 0.604. The highest BCUT2D eigenvalue weighted by atomic mass is 35.5. The first-order valence-electron chi connectivity index (χ1n) is 7.96. The van der Waals surface area contributed by atoms with Gasteiger partial charge in [-0.25, -0.2) is 4.98 Å². The lowest BCUT2D eigenvalue weighted by Gasteiger charge is -2.08. The van der Waals surface area contributed by atoms with Crippen molar-refractivity contribution in [3.63, 3.8) is 0 Å². The van der Waals surface area contributed by atoms with Gasteiger partial charge in [-0.3, -0.25) is 5.10 Å². The van der Waals surface area contributed by atoms with Crippen LogP contribution in [0.1, 0.15) is 23.3 Å². The predicted molar refractivity (Wildman–Crippen MR) is 99.1 cm³/mol. The number of H-pyrrole nitrogens is 1. The molecule has 3 aromatic rings. The normalized spacial score (nSPS) is 12.0. The number of aromatic nitrogens is 3. The second-order valence-electron chi connectivity index (χ2n) is 5.58.